The molecule has 1 N–H and O–H groups in total. The van der Waals surface area contributed by atoms with Crippen LogP contribution in [0.15, 0.2) is 24.3 Å². The Balaban J connectivity index is 1.91. The van der Waals surface area contributed by atoms with Crippen LogP contribution in [-0.2, 0) is 16.1 Å². The molecular weight excluding hydrogens is 262 g/mol. The number of nitrogens with one attached hydrogen (secondary N) is 1. The molecule has 2 atom stereocenters. The zero-order valence-corrected chi connectivity index (χ0v) is 13.5. The van der Waals surface area contributed by atoms with Crippen LogP contribution in [0.1, 0.15) is 50.7 Å². The molecule has 0 aromatic heterocycles. The molecule has 0 aliphatic carbocycles. The summed E-state index contributed by atoms with van der Waals surface area (Å²) in [6, 6.07) is 8.92. The molecule has 1 aliphatic heterocycles. The van der Waals surface area contributed by atoms with Gasteiger partial charge in [0, 0.05) is 5.56 Å². The molecule has 1 heterocycles. The Morgan fingerprint density at radius 1 is 1.33 bits per heavy atom. The molecule has 0 spiro atoms. The Labute approximate surface area is 128 Å². The summed E-state index contributed by atoms with van der Waals surface area (Å²) in [5, 5.41) is 0. The van der Waals surface area contributed by atoms with Gasteiger partial charge in [-0.15, -0.1) is 0 Å². The highest BCUT2D eigenvalue weighted by Gasteiger charge is 2.29. The number of hydrogen-bond acceptors (Lipinski definition) is 2. The van der Waals surface area contributed by atoms with Gasteiger partial charge >= 0.3 is 5.97 Å². The number of carbonyl (C=O) groups excluding carboxylic acids is 1. The van der Waals surface area contributed by atoms with E-state index in [0.717, 1.165) is 32.5 Å². The third-order valence-electron chi connectivity index (χ3n) is 4.34. The molecule has 0 bridgehead atoms. The van der Waals surface area contributed by atoms with Crippen molar-refractivity contribution in [2.75, 3.05) is 19.7 Å². The summed E-state index contributed by atoms with van der Waals surface area (Å²) in [7, 11) is 0. The summed E-state index contributed by atoms with van der Waals surface area (Å²) >= 11 is 0. The monoisotopic (exact) mass is 290 g/mol. The van der Waals surface area contributed by atoms with Crippen molar-refractivity contribution in [1.29, 1.82) is 0 Å². The van der Waals surface area contributed by atoms with Gasteiger partial charge in [-0.3, -0.25) is 4.79 Å². The first-order valence-electron chi connectivity index (χ1n) is 8.19. The second kappa shape index (κ2) is 7.60. The minimum atomic E-state index is -0.00939. The number of likely N-dealkylation sites (tertiary alicyclic amines) is 1. The molecule has 1 saturated heterocycles. The summed E-state index contributed by atoms with van der Waals surface area (Å²) in [4.78, 5) is 13.4. The molecule has 2 rings (SSSR count). The predicted octanol–water partition coefficient (Wildman–Crippen LogP) is 2.17. The molecule has 0 radical (unpaired) electrons. The van der Waals surface area contributed by atoms with E-state index in [-0.39, 0.29) is 11.9 Å². The van der Waals surface area contributed by atoms with Gasteiger partial charge in [0.05, 0.1) is 19.7 Å². The van der Waals surface area contributed by atoms with E-state index in [1.165, 1.54) is 16.0 Å². The van der Waals surface area contributed by atoms with Gasteiger partial charge in [0.2, 0.25) is 0 Å². The molecule has 21 heavy (non-hydrogen) atoms. The van der Waals surface area contributed by atoms with E-state index in [1.54, 1.807) is 0 Å². The van der Waals surface area contributed by atoms with Crippen molar-refractivity contribution < 1.29 is 14.4 Å². The first-order chi connectivity index (χ1) is 10.1. The fourth-order valence-electron chi connectivity index (χ4n) is 3.08. The van der Waals surface area contributed by atoms with Crippen LogP contribution < -0.4 is 4.90 Å². The van der Waals surface area contributed by atoms with Crippen LogP contribution in [0.3, 0.4) is 0 Å². The maximum atomic E-state index is 11.9. The molecule has 116 valence electrons. The van der Waals surface area contributed by atoms with Crippen LogP contribution in [0.2, 0.25) is 0 Å². The predicted molar refractivity (Wildman–Crippen MR) is 84.3 cm³/mol. The Morgan fingerprint density at radius 3 is 2.67 bits per heavy atom. The van der Waals surface area contributed by atoms with Gasteiger partial charge < -0.3 is 9.64 Å². The fraction of sp³-hybridized carbons (Fsp3) is 0.611. The SMILES string of the molecule is CCOC(=O)[C@H]1CCC[NH+](Cc2ccc(C(C)C)cc2)C1. The van der Waals surface area contributed by atoms with Crippen LogP contribution in [0.4, 0.5) is 0 Å². The van der Waals surface area contributed by atoms with E-state index in [2.05, 4.69) is 38.1 Å². The molecule has 3 nitrogen and oxygen atoms in total. The average Bonchev–Trinajstić information content (AvgIpc) is 2.48. The van der Waals surface area contributed by atoms with E-state index in [4.69, 9.17) is 4.74 Å². The number of quaternary nitrogens is 1. The highest BCUT2D eigenvalue weighted by molar-refractivity contribution is 5.72. The molecule has 0 amide bonds. The maximum Gasteiger partial charge on any atom is 0.314 e. The Kier molecular flexibility index (Phi) is 5.80. The standard InChI is InChI=1S/C18H27NO2/c1-4-21-18(20)17-6-5-11-19(13-17)12-15-7-9-16(10-8-15)14(2)3/h7-10,14,17H,4-6,11-13H2,1-3H3/p+1/t17-/m0/s1. The van der Waals surface area contributed by atoms with Crippen molar-refractivity contribution in [1.82, 2.24) is 0 Å². The minimum absolute atomic E-state index is 0.00939. The lowest BCUT2D eigenvalue weighted by Gasteiger charge is -2.28. The van der Waals surface area contributed by atoms with E-state index < -0.39 is 0 Å². The van der Waals surface area contributed by atoms with Crippen molar-refractivity contribution in [3.05, 3.63) is 35.4 Å². The molecule has 1 aromatic rings. The van der Waals surface area contributed by atoms with E-state index in [1.807, 2.05) is 6.92 Å². The van der Waals surface area contributed by atoms with Crippen molar-refractivity contribution in [2.24, 2.45) is 5.92 Å². The van der Waals surface area contributed by atoms with Gasteiger partial charge in [-0.2, -0.15) is 0 Å². The quantitative estimate of drug-likeness (QED) is 0.843. The number of carbonyl (C=O) groups is 1. The fourth-order valence-corrected chi connectivity index (χ4v) is 3.08. The number of piperidine rings is 1. The smallest absolute Gasteiger partial charge is 0.314 e. The Hall–Kier alpha value is -1.35. The Bertz CT molecular complexity index is 453. The van der Waals surface area contributed by atoms with Crippen molar-refractivity contribution in [3.8, 4) is 0 Å². The molecule has 1 unspecified atom stereocenters. The largest absolute Gasteiger partial charge is 0.466 e. The van der Waals surface area contributed by atoms with Gasteiger partial charge in [0.15, 0.2) is 0 Å². The molecule has 3 heteroatoms. The second-order valence-corrected chi connectivity index (χ2v) is 6.37. The third kappa shape index (κ3) is 4.57. The topological polar surface area (TPSA) is 30.7 Å². The number of benzene rings is 1. The van der Waals surface area contributed by atoms with Gasteiger partial charge in [-0.1, -0.05) is 38.1 Å². The number of esters is 1. The van der Waals surface area contributed by atoms with Gasteiger partial charge in [-0.25, -0.2) is 0 Å². The minimum Gasteiger partial charge on any atom is -0.466 e. The van der Waals surface area contributed by atoms with E-state index in [0.29, 0.717) is 12.5 Å². The highest BCUT2D eigenvalue weighted by atomic mass is 16.5. The van der Waals surface area contributed by atoms with Crippen molar-refractivity contribution >= 4 is 5.97 Å². The average molecular weight is 290 g/mol. The molecule has 0 saturated carbocycles. The van der Waals surface area contributed by atoms with Crippen molar-refractivity contribution in [2.45, 2.75) is 46.1 Å². The van der Waals surface area contributed by atoms with Crippen LogP contribution >= 0.6 is 0 Å². The molecular formula is C18H28NO2+. The lowest BCUT2D eigenvalue weighted by Crippen LogP contribution is -3.12. The van der Waals surface area contributed by atoms with Gasteiger partial charge in [0.25, 0.3) is 0 Å². The normalized spacial score (nSPS) is 22.3. The molecule has 1 fully saturated rings. The van der Waals surface area contributed by atoms with Crippen LogP contribution in [0, 0.1) is 5.92 Å². The zero-order chi connectivity index (χ0) is 15.2. The van der Waals surface area contributed by atoms with Crippen LogP contribution in [0.25, 0.3) is 0 Å². The zero-order valence-electron chi connectivity index (χ0n) is 13.5. The van der Waals surface area contributed by atoms with Crippen molar-refractivity contribution in [3.63, 3.8) is 0 Å². The molecule has 1 aromatic carbocycles. The van der Waals surface area contributed by atoms with Crippen LogP contribution in [-0.4, -0.2) is 25.7 Å². The third-order valence-corrected chi connectivity index (χ3v) is 4.34. The van der Waals surface area contributed by atoms with Crippen LogP contribution in [0.5, 0.6) is 0 Å². The van der Waals surface area contributed by atoms with Gasteiger partial charge in [0.1, 0.15) is 12.5 Å². The first-order valence-corrected chi connectivity index (χ1v) is 8.19. The summed E-state index contributed by atoms with van der Waals surface area (Å²) in [6.07, 6.45) is 2.09. The van der Waals surface area contributed by atoms with E-state index in [9.17, 15) is 4.79 Å². The van der Waals surface area contributed by atoms with E-state index >= 15 is 0 Å². The second-order valence-electron chi connectivity index (χ2n) is 6.37. The van der Waals surface area contributed by atoms with Gasteiger partial charge in [-0.05, 0) is 31.2 Å². The lowest BCUT2D eigenvalue weighted by molar-refractivity contribution is -0.921. The maximum absolute atomic E-state index is 11.9. The first kappa shape index (κ1) is 16.0. The lowest BCUT2D eigenvalue weighted by atomic mass is 9.97. The number of hydrogen-bond donors (Lipinski definition) is 1. The Morgan fingerprint density at radius 2 is 2.05 bits per heavy atom. The number of rotatable bonds is 5. The summed E-state index contributed by atoms with van der Waals surface area (Å²) in [5.41, 5.74) is 2.75. The summed E-state index contributed by atoms with van der Waals surface area (Å²) < 4.78 is 5.17. The summed E-state index contributed by atoms with van der Waals surface area (Å²) in [5.74, 6) is 0.656. The molecule has 1 aliphatic rings. The highest BCUT2D eigenvalue weighted by Crippen LogP contribution is 2.15. The summed E-state index contributed by atoms with van der Waals surface area (Å²) in [6.45, 7) is 9.87. The number of ether oxygens (including phenoxy) is 1.